The highest BCUT2D eigenvalue weighted by Crippen LogP contribution is 2.18. The Kier molecular flexibility index (Phi) is 4.29. The van der Waals surface area contributed by atoms with E-state index in [0.29, 0.717) is 16.3 Å². The number of aryl methyl sites for hydroxylation is 1. The second-order valence-electron chi connectivity index (χ2n) is 3.60. The number of hydrogen-bond donors (Lipinski definition) is 1. The van der Waals surface area contributed by atoms with Crippen molar-refractivity contribution in [2.24, 2.45) is 0 Å². The van der Waals surface area contributed by atoms with Crippen LogP contribution in [0.2, 0.25) is 0 Å². The minimum atomic E-state index is -1.09. The summed E-state index contributed by atoms with van der Waals surface area (Å²) in [5, 5.41) is 0. The Labute approximate surface area is 93.1 Å². The fourth-order valence-electron chi connectivity index (χ4n) is 1.21. The second kappa shape index (κ2) is 5.28. The molecule has 0 amide bonds. The predicted octanol–water partition coefficient (Wildman–Crippen LogP) is 1.72. The lowest BCUT2D eigenvalue weighted by Crippen LogP contribution is -2.16. The number of benzene rings is 1. The monoisotopic (exact) mass is 227 g/mol. The Bertz CT molecular complexity index is 366. The van der Waals surface area contributed by atoms with Crippen LogP contribution in [-0.2, 0) is 15.5 Å². The normalized spacial score (nSPS) is 14.9. The van der Waals surface area contributed by atoms with Crippen LogP contribution >= 0.6 is 0 Å². The number of rotatable bonds is 4. The molecule has 0 saturated carbocycles. The first-order chi connectivity index (χ1) is 7.04. The highest BCUT2D eigenvalue weighted by molar-refractivity contribution is 7.85. The molecular formula is C11H17NO2S. The van der Waals surface area contributed by atoms with Crippen LogP contribution in [0.1, 0.15) is 12.5 Å². The summed E-state index contributed by atoms with van der Waals surface area (Å²) in [6.07, 6.45) is -0.0225. The van der Waals surface area contributed by atoms with Crippen LogP contribution in [0.4, 0.5) is 5.69 Å². The van der Waals surface area contributed by atoms with Gasteiger partial charge in [0, 0.05) is 12.8 Å². The van der Waals surface area contributed by atoms with E-state index in [2.05, 4.69) is 0 Å². The van der Waals surface area contributed by atoms with Gasteiger partial charge in [-0.2, -0.15) is 0 Å². The van der Waals surface area contributed by atoms with E-state index in [0.717, 1.165) is 5.56 Å². The average molecular weight is 227 g/mol. The first-order valence-corrected chi connectivity index (χ1v) is 6.13. The van der Waals surface area contributed by atoms with Gasteiger partial charge in [-0.1, -0.05) is 6.07 Å². The van der Waals surface area contributed by atoms with Crippen LogP contribution in [0.25, 0.3) is 0 Å². The number of ether oxygens (including phenoxy) is 1. The third-order valence-electron chi connectivity index (χ3n) is 2.20. The molecule has 1 rings (SSSR count). The van der Waals surface area contributed by atoms with E-state index in [4.69, 9.17) is 10.5 Å². The lowest BCUT2D eigenvalue weighted by Gasteiger charge is -2.11. The van der Waals surface area contributed by atoms with Crippen molar-refractivity contribution < 1.29 is 8.95 Å². The maximum atomic E-state index is 11.9. The molecule has 2 atom stereocenters. The third-order valence-corrected chi connectivity index (χ3v) is 3.82. The maximum Gasteiger partial charge on any atom is 0.0662 e. The molecule has 84 valence electrons. The summed E-state index contributed by atoms with van der Waals surface area (Å²) in [6.45, 7) is 3.85. The van der Waals surface area contributed by atoms with Gasteiger partial charge < -0.3 is 10.5 Å². The molecule has 0 aromatic heterocycles. The standard InChI is InChI=1S/C11H17NO2S/c1-8-4-5-10(12)11(6-8)15(13)7-9(2)14-3/h4-6,9H,7,12H2,1-3H3. The van der Waals surface area contributed by atoms with Gasteiger partial charge in [0.05, 0.1) is 27.6 Å². The second-order valence-corrected chi connectivity index (χ2v) is 5.06. The number of hydrogen-bond acceptors (Lipinski definition) is 3. The van der Waals surface area contributed by atoms with Crippen molar-refractivity contribution in [2.75, 3.05) is 18.6 Å². The van der Waals surface area contributed by atoms with E-state index >= 15 is 0 Å². The summed E-state index contributed by atoms with van der Waals surface area (Å²) in [4.78, 5) is 0.707. The van der Waals surface area contributed by atoms with Crippen LogP contribution in [0, 0.1) is 6.92 Å². The molecule has 0 heterocycles. The number of nitrogens with two attached hydrogens (primary N) is 1. The summed E-state index contributed by atoms with van der Waals surface area (Å²) in [5.41, 5.74) is 7.43. The van der Waals surface area contributed by atoms with E-state index < -0.39 is 10.8 Å². The highest BCUT2D eigenvalue weighted by Gasteiger charge is 2.11. The molecule has 0 aliphatic heterocycles. The zero-order valence-corrected chi connectivity index (χ0v) is 10.1. The van der Waals surface area contributed by atoms with E-state index in [1.54, 1.807) is 13.2 Å². The van der Waals surface area contributed by atoms with Gasteiger partial charge >= 0.3 is 0 Å². The molecule has 0 aliphatic rings. The molecular weight excluding hydrogens is 210 g/mol. The largest absolute Gasteiger partial charge is 0.398 e. The van der Waals surface area contributed by atoms with Crippen molar-refractivity contribution in [1.82, 2.24) is 0 Å². The van der Waals surface area contributed by atoms with E-state index in [9.17, 15) is 4.21 Å². The Hall–Kier alpha value is -0.870. The number of nitrogen functional groups attached to an aromatic ring is 1. The molecule has 0 saturated heterocycles. The Morgan fingerprint density at radius 2 is 2.20 bits per heavy atom. The van der Waals surface area contributed by atoms with Crippen LogP contribution < -0.4 is 5.73 Å². The third kappa shape index (κ3) is 3.32. The lowest BCUT2D eigenvalue weighted by atomic mass is 10.2. The highest BCUT2D eigenvalue weighted by atomic mass is 32.2. The summed E-state index contributed by atoms with van der Waals surface area (Å²) < 4.78 is 17.0. The van der Waals surface area contributed by atoms with Crippen molar-refractivity contribution in [3.05, 3.63) is 23.8 Å². The van der Waals surface area contributed by atoms with Crippen molar-refractivity contribution in [1.29, 1.82) is 0 Å². The van der Waals surface area contributed by atoms with E-state index in [-0.39, 0.29) is 6.10 Å². The molecule has 1 aromatic carbocycles. The topological polar surface area (TPSA) is 52.3 Å². The molecule has 0 fully saturated rings. The first kappa shape index (κ1) is 12.2. The Balaban J connectivity index is 2.86. The van der Waals surface area contributed by atoms with Gasteiger partial charge in [0.15, 0.2) is 0 Å². The van der Waals surface area contributed by atoms with Crippen LogP contribution in [0.3, 0.4) is 0 Å². The van der Waals surface area contributed by atoms with Crippen molar-refractivity contribution >= 4 is 16.5 Å². The average Bonchev–Trinajstić information content (AvgIpc) is 2.21. The molecule has 0 aliphatic carbocycles. The predicted molar refractivity (Wildman–Crippen MR) is 63.3 cm³/mol. The fraction of sp³-hybridized carbons (Fsp3) is 0.455. The summed E-state index contributed by atoms with van der Waals surface area (Å²) in [6, 6.07) is 5.57. The smallest absolute Gasteiger partial charge is 0.0662 e. The molecule has 15 heavy (non-hydrogen) atoms. The molecule has 2 N–H and O–H groups in total. The molecule has 4 heteroatoms. The molecule has 1 aromatic rings. The molecule has 0 spiro atoms. The fourth-order valence-corrected chi connectivity index (χ4v) is 2.60. The van der Waals surface area contributed by atoms with Gasteiger partial charge in [-0.05, 0) is 31.5 Å². The van der Waals surface area contributed by atoms with Gasteiger partial charge in [0.2, 0.25) is 0 Å². The SMILES string of the molecule is COC(C)CS(=O)c1cc(C)ccc1N. The molecule has 2 unspecified atom stereocenters. The van der Waals surface area contributed by atoms with Crippen molar-refractivity contribution in [3.63, 3.8) is 0 Å². The Morgan fingerprint density at radius 3 is 2.80 bits per heavy atom. The first-order valence-electron chi connectivity index (χ1n) is 4.82. The van der Waals surface area contributed by atoms with Crippen LogP contribution in [-0.4, -0.2) is 23.2 Å². The number of anilines is 1. The lowest BCUT2D eigenvalue weighted by molar-refractivity contribution is 0.137. The van der Waals surface area contributed by atoms with E-state index in [1.165, 1.54) is 0 Å². The molecule has 3 nitrogen and oxygen atoms in total. The van der Waals surface area contributed by atoms with Gasteiger partial charge in [-0.15, -0.1) is 0 Å². The minimum absolute atomic E-state index is 0.0225. The quantitative estimate of drug-likeness (QED) is 0.797. The van der Waals surface area contributed by atoms with Gasteiger partial charge in [0.25, 0.3) is 0 Å². The van der Waals surface area contributed by atoms with Crippen LogP contribution in [0.15, 0.2) is 23.1 Å². The van der Waals surface area contributed by atoms with Gasteiger partial charge in [-0.3, -0.25) is 4.21 Å². The van der Waals surface area contributed by atoms with Gasteiger partial charge in [0.1, 0.15) is 0 Å². The molecule has 0 bridgehead atoms. The zero-order chi connectivity index (χ0) is 11.4. The maximum absolute atomic E-state index is 11.9. The minimum Gasteiger partial charge on any atom is -0.398 e. The van der Waals surface area contributed by atoms with Gasteiger partial charge in [-0.25, -0.2) is 0 Å². The van der Waals surface area contributed by atoms with Crippen LogP contribution in [0.5, 0.6) is 0 Å². The van der Waals surface area contributed by atoms with E-state index in [1.807, 2.05) is 26.0 Å². The van der Waals surface area contributed by atoms with Crippen molar-refractivity contribution in [2.45, 2.75) is 24.8 Å². The Morgan fingerprint density at radius 1 is 1.53 bits per heavy atom. The summed E-state index contributed by atoms with van der Waals surface area (Å²) in [7, 11) is 0.527. The molecule has 0 radical (unpaired) electrons. The summed E-state index contributed by atoms with van der Waals surface area (Å²) in [5.74, 6) is 0.476. The number of methoxy groups -OCH3 is 1. The summed E-state index contributed by atoms with van der Waals surface area (Å²) >= 11 is 0. The van der Waals surface area contributed by atoms with Crippen molar-refractivity contribution in [3.8, 4) is 0 Å². The zero-order valence-electron chi connectivity index (χ0n) is 9.32.